The van der Waals surface area contributed by atoms with Crippen LogP contribution in [0.25, 0.3) is 0 Å². The van der Waals surface area contributed by atoms with E-state index < -0.39 is 6.10 Å². The average Bonchev–Trinajstić information content (AvgIpc) is 3.33. The molecule has 1 heterocycles. The first-order valence-electron chi connectivity index (χ1n) is 8.93. The molecule has 4 heteroatoms. The van der Waals surface area contributed by atoms with Crippen molar-refractivity contribution in [2.45, 2.75) is 32.8 Å². The number of β-amino-alcohol motifs (C(OH)–C–C–N with tert-alkyl or cyclic N) is 1. The summed E-state index contributed by atoms with van der Waals surface area (Å²) < 4.78 is 5.87. The maximum Gasteiger partial charge on any atom is 0.125 e. The first kappa shape index (κ1) is 16.7. The summed E-state index contributed by atoms with van der Waals surface area (Å²) in [6.07, 6.45) is 2.42. The molecule has 1 aliphatic carbocycles. The Morgan fingerprint density at radius 2 is 1.70 bits per heavy atom. The van der Waals surface area contributed by atoms with Gasteiger partial charge in [-0.1, -0.05) is 18.2 Å². The van der Waals surface area contributed by atoms with E-state index in [1.807, 2.05) is 32.0 Å². The molecular formula is C19H30N2O2. The van der Waals surface area contributed by atoms with Crippen molar-refractivity contribution in [3.63, 3.8) is 0 Å². The Balaban J connectivity index is 1.38. The molecule has 1 unspecified atom stereocenters. The Morgan fingerprint density at radius 3 is 2.30 bits per heavy atom. The third kappa shape index (κ3) is 4.93. The van der Waals surface area contributed by atoms with Crippen LogP contribution in [-0.2, 0) is 0 Å². The van der Waals surface area contributed by atoms with E-state index in [1.54, 1.807) is 0 Å². The normalized spacial score (nSPS) is 21.3. The summed E-state index contributed by atoms with van der Waals surface area (Å²) in [7, 11) is 0. The molecule has 3 rings (SSSR count). The topological polar surface area (TPSA) is 35.9 Å². The van der Waals surface area contributed by atoms with E-state index in [1.165, 1.54) is 19.4 Å². The number of para-hydroxylation sites is 1. The van der Waals surface area contributed by atoms with Crippen LogP contribution in [0.2, 0.25) is 0 Å². The highest BCUT2D eigenvalue weighted by atomic mass is 16.5. The number of hydrogen-bond donors (Lipinski definition) is 1. The van der Waals surface area contributed by atoms with Gasteiger partial charge in [-0.05, 0) is 43.7 Å². The van der Waals surface area contributed by atoms with Gasteiger partial charge >= 0.3 is 0 Å². The molecule has 1 N–H and O–H groups in total. The Morgan fingerprint density at radius 1 is 1.09 bits per heavy atom. The van der Waals surface area contributed by atoms with E-state index in [9.17, 15) is 5.11 Å². The average molecular weight is 318 g/mol. The molecule has 2 aliphatic rings. The van der Waals surface area contributed by atoms with Crippen LogP contribution in [0.15, 0.2) is 18.2 Å². The van der Waals surface area contributed by atoms with E-state index in [-0.39, 0.29) is 0 Å². The van der Waals surface area contributed by atoms with Crippen LogP contribution >= 0.6 is 0 Å². The fraction of sp³-hybridized carbons (Fsp3) is 0.684. The minimum absolute atomic E-state index is 0.369. The third-order valence-electron chi connectivity index (χ3n) is 4.98. The maximum absolute atomic E-state index is 10.3. The number of nitrogens with zero attached hydrogens (tertiary/aromatic N) is 2. The van der Waals surface area contributed by atoms with Crippen LogP contribution in [-0.4, -0.2) is 66.9 Å². The molecule has 1 aromatic rings. The van der Waals surface area contributed by atoms with Crippen molar-refractivity contribution in [3.05, 3.63) is 29.3 Å². The standard InChI is InChI=1S/C19H30N2O2/c1-15-4-3-5-16(2)19(15)23-14-18(22)13-21-10-8-20(9-11-21)12-17-6-7-17/h3-5,17-18,22H,6-14H2,1-2H3. The molecule has 0 bridgehead atoms. The van der Waals surface area contributed by atoms with E-state index in [0.717, 1.165) is 49.0 Å². The second-order valence-electron chi connectivity index (χ2n) is 7.23. The number of ether oxygens (including phenoxy) is 1. The zero-order valence-corrected chi connectivity index (χ0v) is 14.5. The Hall–Kier alpha value is -1.10. The second kappa shape index (κ2) is 7.65. The first-order chi connectivity index (χ1) is 11.1. The van der Waals surface area contributed by atoms with Crippen molar-refractivity contribution < 1.29 is 9.84 Å². The highest BCUT2D eigenvalue weighted by molar-refractivity contribution is 5.39. The molecule has 0 aromatic heterocycles. The summed E-state index contributed by atoms with van der Waals surface area (Å²) in [5.41, 5.74) is 2.26. The summed E-state index contributed by atoms with van der Waals surface area (Å²) in [6, 6.07) is 6.14. The molecule has 1 atom stereocenters. The summed E-state index contributed by atoms with van der Waals surface area (Å²) in [4.78, 5) is 4.94. The van der Waals surface area contributed by atoms with Gasteiger partial charge in [0.15, 0.2) is 0 Å². The molecule has 0 spiro atoms. The lowest BCUT2D eigenvalue weighted by Crippen LogP contribution is -2.49. The lowest BCUT2D eigenvalue weighted by atomic mass is 10.1. The van der Waals surface area contributed by atoms with Crippen molar-refractivity contribution >= 4 is 0 Å². The maximum atomic E-state index is 10.3. The fourth-order valence-corrected chi connectivity index (χ4v) is 3.38. The smallest absolute Gasteiger partial charge is 0.125 e. The lowest BCUT2D eigenvalue weighted by molar-refractivity contribution is 0.0449. The van der Waals surface area contributed by atoms with Crippen molar-refractivity contribution in [1.82, 2.24) is 9.80 Å². The molecule has 1 aromatic carbocycles. The number of piperazine rings is 1. The van der Waals surface area contributed by atoms with Gasteiger partial charge in [-0.2, -0.15) is 0 Å². The van der Waals surface area contributed by atoms with Crippen molar-refractivity contribution in [1.29, 1.82) is 0 Å². The number of aryl methyl sites for hydroxylation is 2. The zero-order chi connectivity index (χ0) is 16.2. The van der Waals surface area contributed by atoms with E-state index >= 15 is 0 Å². The van der Waals surface area contributed by atoms with Gasteiger partial charge in [0.25, 0.3) is 0 Å². The third-order valence-corrected chi connectivity index (χ3v) is 4.98. The molecule has 0 radical (unpaired) electrons. The van der Waals surface area contributed by atoms with Crippen molar-refractivity contribution in [2.75, 3.05) is 45.9 Å². The quantitative estimate of drug-likeness (QED) is 0.835. The van der Waals surface area contributed by atoms with Crippen LogP contribution in [0.5, 0.6) is 5.75 Å². The van der Waals surface area contributed by atoms with Gasteiger partial charge in [0.2, 0.25) is 0 Å². The molecule has 23 heavy (non-hydrogen) atoms. The molecular weight excluding hydrogens is 288 g/mol. The van der Waals surface area contributed by atoms with Gasteiger partial charge in [0.05, 0.1) is 0 Å². The van der Waals surface area contributed by atoms with Gasteiger partial charge in [-0.25, -0.2) is 0 Å². The summed E-state index contributed by atoms with van der Waals surface area (Å²) in [5, 5.41) is 10.3. The summed E-state index contributed by atoms with van der Waals surface area (Å²) in [5.74, 6) is 1.89. The molecule has 128 valence electrons. The molecule has 1 saturated carbocycles. The summed E-state index contributed by atoms with van der Waals surface area (Å²) in [6.45, 7) is 10.9. The number of rotatable bonds is 7. The molecule has 1 saturated heterocycles. The predicted molar refractivity (Wildman–Crippen MR) is 93.0 cm³/mol. The zero-order valence-electron chi connectivity index (χ0n) is 14.5. The highest BCUT2D eigenvalue weighted by Gasteiger charge is 2.26. The second-order valence-corrected chi connectivity index (χ2v) is 7.23. The number of benzene rings is 1. The van der Waals surface area contributed by atoms with Gasteiger partial charge in [-0.15, -0.1) is 0 Å². The largest absolute Gasteiger partial charge is 0.490 e. The molecule has 2 fully saturated rings. The van der Waals surface area contributed by atoms with Gasteiger partial charge in [0, 0.05) is 39.3 Å². The summed E-state index contributed by atoms with van der Waals surface area (Å²) >= 11 is 0. The lowest BCUT2D eigenvalue weighted by Gasteiger charge is -2.35. The van der Waals surface area contributed by atoms with E-state index in [4.69, 9.17) is 4.74 Å². The van der Waals surface area contributed by atoms with Crippen molar-refractivity contribution in [3.8, 4) is 5.75 Å². The Labute approximate surface area is 140 Å². The highest BCUT2D eigenvalue weighted by Crippen LogP contribution is 2.29. The van der Waals surface area contributed by atoms with Crippen LogP contribution in [0.3, 0.4) is 0 Å². The van der Waals surface area contributed by atoms with E-state index in [0.29, 0.717) is 13.2 Å². The fourth-order valence-electron chi connectivity index (χ4n) is 3.38. The van der Waals surface area contributed by atoms with Gasteiger partial charge in [0.1, 0.15) is 18.5 Å². The number of hydrogen-bond acceptors (Lipinski definition) is 4. The van der Waals surface area contributed by atoms with Crippen LogP contribution in [0.1, 0.15) is 24.0 Å². The van der Waals surface area contributed by atoms with Crippen LogP contribution in [0, 0.1) is 19.8 Å². The minimum atomic E-state index is -0.427. The molecule has 1 aliphatic heterocycles. The number of aliphatic hydroxyl groups excluding tert-OH is 1. The Bertz CT molecular complexity index is 488. The predicted octanol–water partition coefficient (Wildman–Crippen LogP) is 2.07. The first-order valence-corrected chi connectivity index (χ1v) is 8.93. The SMILES string of the molecule is Cc1cccc(C)c1OCC(O)CN1CCN(CC2CC2)CC1. The number of aliphatic hydroxyl groups is 1. The minimum Gasteiger partial charge on any atom is -0.490 e. The molecule has 4 nitrogen and oxygen atoms in total. The van der Waals surface area contributed by atoms with Crippen LogP contribution < -0.4 is 4.74 Å². The van der Waals surface area contributed by atoms with Crippen LogP contribution in [0.4, 0.5) is 0 Å². The monoisotopic (exact) mass is 318 g/mol. The van der Waals surface area contributed by atoms with Gasteiger partial charge < -0.3 is 14.7 Å². The Kier molecular flexibility index (Phi) is 5.57. The van der Waals surface area contributed by atoms with Crippen molar-refractivity contribution in [2.24, 2.45) is 5.92 Å². The van der Waals surface area contributed by atoms with Gasteiger partial charge in [-0.3, -0.25) is 4.90 Å². The van der Waals surface area contributed by atoms with E-state index in [2.05, 4.69) is 9.80 Å². The molecule has 0 amide bonds.